The molecule has 0 bridgehead atoms. The number of aliphatic hydroxyl groups excluding tert-OH is 1. The third kappa shape index (κ3) is 1.12. The molecule has 0 aromatic rings. The first-order chi connectivity index (χ1) is 4.90. The van der Waals surface area contributed by atoms with Crippen LogP contribution in [-0.2, 0) is 0 Å². The van der Waals surface area contributed by atoms with E-state index in [0.29, 0.717) is 0 Å². The van der Waals surface area contributed by atoms with Gasteiger partial charge in [0, 0.05) is 5.41 Å². The molecule has 0 aliphatic heterocycles. The minimum Gasteiger partial charge on any atom is -0.393 e. The van der Waals surface area contributed by atoms with Crippen LogP contribution >= 0.6 is 0 Å². The van der Waals surface area contributed by atoms with Gasteiger partial charge in [0.15, 0.2) is 0 Å². The predicted molar refractivity (Wildman–Crippen MR) is 47.0 cm³/mol. The molecule has 1 unspecified atom stereocenters. The molecule has 1 heteroatoms. The number of rotatable bonds is 1. The molecule has 0 saturated carbocycles. The van der Waals surface area contributed by atoms with E-state index in [1.165, 1.54) is 0 Å². The van der Waals surface area contributed by atoms with Gasteiger partial charge in [0.1, 0.15) is 0 Å². The van der Waals surface area contributed by atoms with Gasteiger partial charge in [0.05, 0.1) is 6.10 Å². The zero-order chi connectivity index (χ0) is 8.70. The maximum Gasteiger partial charge on any atom is 0.0605 e. The Morgan fingerprint density at radius 3 is 2.18 bits per heavy atom. The van der Waals surface area contributed by atoms with Crippen molar-refractivity contribution in [2.75, 3.05) is 0 Å². The van der Waals surface area contributed by atoms with Crippen molar-refractivity contribution in [1.82, 2.24) is 0 Å². The Labute approximate surface area is 69.1 Å². The molecular weight excluding hydrogens is 136 g/mol. The van der Waals surface area contributed by atoms with Gasteiger partial charge in [-0.05, 0) is 18.8 Å². The van der Waals surface area contributed by atoms with Gasteiger partial charge in [0.25, 0.3) is 0 Å². The number of allylic oxidation sites excluding steroid dienone is 2. The van der Waals surface area contributed by atoms with E-state index in [9.17, 15) is 5.11 Å². The van der Waals surface area contributed by atoms with E-state index in [2.05, 4.69) is 39.8 Å². The minimum absolute atomic E-state index is 0.0764. The smallest absolute Gasteiger partial charge is 0.0605 e. The molecule has 1 aliphatic carbocycles. The molecule has 63 valence electrons. The second kappa shape index (κ2) is 2.34. The van der Waals surface area contributed by atoms with E-state index in [1.807, 2.05) is 0 Å². The highest BCUT2D eigenvalue weighted by Gasteiger charge is 2.45. The van der Waals surface area contributed by atoms with E-state index in [-0.39, 0.29) is 10.8 Å². The van der Waals surface area contributed by atoms with Gasteiger partial charge in [-0.25, -0.2) is 0 Å². The monoisotopic (exact) mass is 153 g/mol. The SMILES string of the molecule is [CH2][C@H](O)C1(C)CC=CC1(C)C. The Morgan fingerprint density at radius 1 is 1.45 bits per heavy atom. The molecule has 0 saturated heterocycles. The topological polar surface area (TPSA) is 20.2 Å². The average molecular weight is 153 g/mol. The molecule has 0 fully saturated rings. The van der Waals surface area contributed by atoms with Crippen molar-refractivity contribution in [2.24, 2.45) is 10.8 Å². The first kappa shape index (κ1) is 8.79. The highest BCUT2D eigenvalue weighted by molar-refractivity contribution is 5.15. The zero-order valence-electron chi connectivity index (χ0n) is 7.59. The maximum atomic E-state index is 9.50. The normalized spacial score (nSPS) is 37.5. The van der Waals surface area contributed by atoms with Crippen LogP contribution in [0.3, 0.4) is 0 Å². The molecule has 1 rings (SSSR count). The minimum atomic E-state index is -0.479. The van der Waals surface area contributed by atoms with Crippen LogP contribution in [0.2, 0.25) is 0 Å². The van der Waals surface area contributed by atoms with E-state index in [1.54, 1.807) is 0 Å². The second-order valence-electron chi connectivity index (χ2n) is 4.26. The van der Waals surface area contributed by atoms with Gasteiger partial charge in [-0.2, -0.15) is 0 Å². The van der Waals surface area contributed by atoms with Crippen LogP contribution in [0.15, 0.2) is 12.2 Å². The molecule has 0 spiro atoms. The molecule has 0 aromatic heterocycles. The van der Waals surface area contributed by atoms with Gasteiger partial charge in [-0.15, -0.1) is 0 Å². The first-order valence-corrected chi connectivity index (χ1v) is 4.09. The molecule has 1 N–H and O–H groups in total. The number of aliphatic hydroxyl groups is 1. The Balaban J connectivity index is 2.90. The van der Waals surface area contributed by atoms with E-state index >= 15 is 0 Å². The molecule has 1 aliphatic rings. The summed E-state index contributed by atoms with van der Waals surface area (Å²) in [5, 5.41) is 9.50. The standard InChI is InChI=1S/C10H17O/c1-8(11)10(4)7-5-6-9(10,2)3/h5-6,8,11H,1,7H2,2-4H3/t8-,10?/m0/s1. The summed E-state index contributed by atoms with van der Waals surface area (Å²) >= 11 is 0. The van der Waals surface area contributed by atoms with Crippen LogP contribution in [0, 0.1) is 17.8 Å². The fourth-order valence-corrected chi connectivity index (χ4v) is 1.62. The summed E-state index contributed by atoms with van der Waals surface area (Å²) in [7, 11) is 0. The molecular formula is C10H17O. The quantitative estimate of drug-likeness (QED) is 0.572. The summed E-state index contributed by atoms with van der Waals surface area (Å²) in [5.74, 6) is 0. The third-order valence-corrected chi connectivity index (χ3v) is 3.28. The number of hydrogen-bond acceptors (Lipinski definition) is 1. The van der Waals surface area contributed by atoms with Gasteiger partial charge in [-0.1, -0.05) is 32.9 Å². The van der Waals surface area contributed by atoms with Crippen molar-refractivity contribution in [3.05, 3.63) is 19.1 Å². The van der Waals surface area contributed by atoms with Crippen molar-refractivity contribution in [3.8, 4) is 0 Å². The lowest BCUT2D eigenvalue weighted by Crippen LogP contribution is -2.39. The van der Waals surface area contributed by atoms with Crippen molar-refractivity contribution >= 4 is 0 Å². The average Bonchev–Trinajstić information content (AvgIpc) is 2.09. The lowest BCUT2D eigenvalue weighted by Gasteiger charge is -2.40. The molecule has 11 heavy (non-hydrogen) atoms. The largest absolute Gasteiger partial charge is 0.393 e. The van der Waals surface area contributed by atoms with Crippen molar-refractivity contribution < 1.29 is 5.11 Å². The summed E-state index contributed by atoms with van der Waals surface area (Å²) in [6.45, 7) is 10.1. The van der Waals surface area contributed by atoms with Crippen molar-refractivity contribution in [1.29, 1.82) is 0 Å². The zero-order valence-corrected chi connectivity index (χ0v) is 7.59. The van der Waals surface area contributed by atoms with Crippen molar-refractivity contribution in [2.45, 2.75) is 33.3 Å². The summed E-state index contributed by atoms with van der Waals surface area (Å²) in [4.78, 5) is 0. The van der Waals surface area contributed by atoms with Gasteiger partial charge in [0.2, 0.25) is 0 Å². The number of hydrogen-bond donors (Lipinski definition) is 1. The second-order valence-corrected chi connectivity index (χ2v) is 4.26. The Bertz CT molecular complexity index is 179. The van der Waals surface area contributed by atoms with Crippen molar-refractivity contribution in [3.63, 3.8) is 0 Å². The van der Waals surface area contributed by atoms with E-state index < -0.39 is 6.10 Å². The Hall–Kier alpha value is -0.300. The summed E-state index contributed by atoms with van der Waals surface area (Å²) in [6.07, 6.45) is 4.76. The molecule has 0 amide bonds. The van der Waals surface area contributed by atoms with E-state index in [0.717, 1.165) is 6.42 Å². The molecule has 1 radical (unpaired) electrons. The van der Waals surface area contributed by atoms with Crippen LogP contribution < -0.4 is 0 Å². The predicted octanol–water partition coefficient (Wildman–Crippen LogP) is 2.17. The molecule has 1 nitrogen and oxygen atoms in total. The third-order valence-electron chi connectivity index (χ3n) is 3.28. The van der Waals surface area contributed by atoms with Crippen LogP contribution in [0.1, 0.15) is 27.2 Å². The van der Waals surface area contributed by atoms with Crippen LogP contribution in [0.5, 0.6) is 0 Å². The summed E-state index contributed by atoms with van der Waals surface area (Å²) < 4.78 is 0. The Morgan fingerprint density at radius 2 is 2.00 bits per heavy atom. The summed E-state index contributed by atoms with van der Waals surface area (Å²) in [6, 6.07) is 0. The van der Waals surface area contributed by atoms with E-state index in [4.69, 9.17) is 0 Å². The lowest BCUT2D eigenvalue weighted by molar-refractivity contribution is 0.0125. The molecule has 2 atom stereocenters. The summed E-state index contributed by atoms with van der Waals surface area (Å²) in [5.41, 5.74) is 0.00116. The Kier molecular flexibility index (Phi) is 1.87. The van der Waals surface area contributed by atoms with Crippen LogP contribution in [0.25, 0.3) is 0 Å². The molecule has 0 heterocycles. The van der Waals surface area contributed by atoms with Crippen LogP contribution in [0.4, 0.5) is 0 Å². The van der Waals surface area contributed by atoms with Gasteiger partial charge < -0.3 is 5.11 Å². The van der Waals surface area contributed by atoms with Gasteiger partial charge >= 0.3 is 0 Å². The highest BCUT2D eigenvalue weighted by Crippen LogP contribution is 2.49. The fraction of sp³-hybridized carbons (Fsp3) is 0.700. The van der Waals surface area contributed by atoms with Gasteiger partial charge in [-0.3, -0.25) is 0 Å². The van der Waals surface area contributed by atoms with Crippen LogP contribution in [-0.4, -0.2) is 11.2 Å². The highest BCUT2D eigenvalue weighted by atomic mass is 16.3. The fourth-order valence-electron chi connectivity index (χ4n) is 1.62. The lowest BCUT2D eigenvalue weighted by atomic mass is 9.66. The maximum absolute atomic E-state index is 9.50. The molecule has 0 aromatic carbocycles. The first-order valence-electron chi connectivity index (χ1n) is 4.09.